The number of rotatable bonds is 5. The van der Waals surface area contributed by atoms with Crippen LogP contribution in [0.15, 0.2) is 38.0 Å². The Morgan fingerprint density at radius 3 is 2.53 bits per heavy atom. The zero-order valence-electron chi connectivity index (χ0n) is 10.0. The summed E-state index contributed by atoms with van der Waals surface area (Å²) >= 11 is 6.18. The first-order chi connectivity index (χ1) is 8.97. The summed E-state index contributed by atoms with van der Waals surface area (Å²) in [7, 11) is -3.23. The maximum Gasteiger partial charge on any atom is 0.179 e. The first-order valence-corrected chi connectivity index (χ1v) is 9.63. The standard InChI is InChI=1S/C11H11BrN2O2S3/c1-8-13-14-11(18-8)17-6-7-19(15,16)10-4-2-9(12)3-5-10/h2-5H,6-7H2,1H3. The van der Waals surface area contributed by atoms with Gasteiger partial charge in [0.1, 0.15) is 5.01 Å². The lowest BCUT2D eigenvalue weighted by Crippen LogP contribution is -2.08. The van der Waals surface area contributed by atoms with E-state index < -0.39 is 9.84 Å². The normalized spacial score (nSPS) is 11.7. The summed E-state index contributed by atoms with van der Waals surface area (Å²) in [6.07, 6.45) is 0. The van der Waals surface area contributed by atoms with E-state index in [1.54, 1.807) is 24.3 Å². The minimum atomic E-state index is -3.23. The Bertz CT molecular complexity index is 653. The molecule has 0 aliphatic heterocycles. The van der Waals surface area contributed by atoms with E-state index >= 15 is 0 Å². The Balaban J connectivity index is 1.96. The fraction of sp³-hybridized carbons (Fsp3) is 0.273. The topological polar surface area (TPSA) is 59.9 Å². The minimum absolute atomic E-state index is 0.0952. The van der Waals surface area contributed by atoms with E-state index in [2.05, 4.69) is 26.1 Å². The summed E-state index contributed by atoms with van der Waals surface area (Å²) in [6.45, 7) is 1.88. The van der Waals surface area contributed by atoms with Crippen molar-refractivity contribution >= 4 is 48.9 Å². The molecule has 0 radical (unpaired) electrons. The number of thioether (sulfide) groups is 1. The highest BCUT2D eigenvalue weighted by atomic mass is 79.9. The van der Waals surface area contributed by atoms with Gasteiger partial charge in [-0.2, -0.15) is 0 Å². The van der Waals surface area contributed by atoms with Crippen LogP contribution < -0.4 is 0 Å². The third-order valence-electron chi connectivity index (χ3n) is 2.26. The average molecular weight is 379 g/mol. The lowest BCUT2D eigenvalue weighted by atomic mass is 10.4. The Hall–Kier alpha value is -0.440. The number of aryl methyl sites for hydroxylation is 1. The molecule has 19 heavy (non-hydrogen) atoms. The highest BCUT2D eigenvalue weighted by Gasteiger charge is 2.14. The van der Waals surface area contributed by atoms with Gasteiger partial charge in [0.2, 0.25) is 0 Å². The maximum absolute atomic E-state index is 12.1. The third-order valence-corrected chi connectivity index (χ3v) is 6.75. The lowest BCUT2D eigenvalue weighted by Gasteiger charge is -2.03. The quantitative estimate of drug-likeness (QED) is 0.747. The molecule has 4 nitrogen and oxygen atoms in total. The zero-order chi connectivity index (χ0) is 13.9. The molecule has 0 aliphatic rings. The fourth-order valence-electron chi connectivity index (χ4n) is 1.34. The number of hydrogen-bond donors (Lipinski definition) is 0. The maximum atomic E-state index is 12.1. The number of sulfone groups is 1. The minimum Gasteiger partial charge on any atom is -0.224 e. The summed E-state index contributed by atoms with van der Waals surface area (Å²) in [5.41, 5.74) is 0. The number of hydrogen-bond acceptors (Lipinski definition) is 6. The van der Waals surface area contributed by atoms with Crippen LogP contribution in [0.4, 0.5) is 0 Å². The van der Waals surface area contributed by atoms with Crippen LogP contribution in [0.5, 0.6) is 0 Å². The van der Waals surface area contributed by atoms with E-state index in [4.69, 9.17) is 0 Å². The van der Waals surface area contributed by atoms with E-state index in [1.165, 1.54) is 23.1 Å². The number of aromatic nitrogens is 2. The molecule has 1 heterocycles. The van der Waals surface area contributed by atoms with Crippen molar-refractivity contribution in [2.24, 2.45) is 0 Å². The Morgan fingerprint density at radius 1 is 1.26 bits per heavy atom. The Morgan fingerprint density at radius 2 is 1.95 bits per heavy atom. The van der Waals surface area contributed by atoms with Crippen molar-refractivity contribution in [1.29, 1.82) is 0 Å². The highest BCUT2D eigenvalue weighted by molar-refractivity contribution is 9.10. The summed E-state index contributed by atoms with van der Waals surface area (Å²) in [5, 5.41) is 8.73. The molecule has 102 valence electrons. The predicted octanol–water partition coefficient (Wildman–Crippen LogP) is 3.18. The van der Waals surface area contributed by atoms with Crippen LogP contribution >= 0.6 is 39.0 Å². The van der Waals surface area contributed by atoms with E-state index in [-0.39, 0.29) is 5.75 Å². The number of halogens is 1. The van der Waals surface area contributed by atoms with Crippen LogP contribution in [-0.4, -0.2) is 30.1 Å². The predicted molar refractivity (Wildman–Crippen MR) is 81.6 cm³/mol. The first-order valence-electron chi connectivity index (χ1n) is 5.38. The van der Waals surface area contributed by atoms with E-state index in [9.17, 15) is 8.42 Å². The summed E-state index contributed by atoms with van der Waals surface area (Å²) in [5.74, 6) is 0.574. The van der Waals surface area contributed by atoms with Gasteiger partial charge in [-0.05, 0) is 31.2 Å². The molecule has 0 saturated carbocycles. The largest absolute Gasteiger partial charge is 0.224 e. The van der Waals surface area contributed by atoms with Gasteiger partial charge in [0, 0.05) is 10.2 Å². The van der Waals surface area contributed by atoms with Gasteiger partial charge in [0.15, 0.2) is 14.2 Å². The van der Waals surface area contributed by atoms with Crippen LogP contribution in [0.25, 0.3) is 0 Å². The summed E-state index contributed by atoms with van der Waals surface area (Å²) in [6, 6.07) is 6.68. The number of nitrogens with zero attached hydrogens (tertiary/aromatic N) is 2. The van der Waals surface area contributed by atoms with Gasteiger partial charge in [-0.15, -0.1) is 10.2 Å². The van der Waals surface area contributed by atoms with E-state index in [0.29, 0.717) is 10.6 Å². The first kappa shape index (κ1) is 15.0. The Kier molecular flexibility index (Phi) is 4.99. The molecule has 2 rings (SSSR count). The van der Waals surface area contributed by atoms with E-state index in [0.717, 1.165) is 13.8 Å². The molecule has 1 aromatic carbocycles. The van der Waals surface area contributed by atoms with Crippen molar-refractivity contribution < 1.29 is 8.42 Å². The number of benzene rings is 1. The molecule has 1 aromatic heterocycles. The molecule has 0 amide bonds. The van der Waals surface area contributed by atoms with Crippen molar-refractivity contribution in [2.45, 2.75) is 16.2 Å². The monoisotopic (exact) mass is 378 g/mol. The molecule has 0 unspecified atom stereocenters. The van der Waals surface area contributed by atoms with Crippen LogP contribution in [0.1, 0.15) is 5.01 Å². The fourth-order valence-corrected chi connectivity index (χ4v) is 5.13. The molecule has 0 bridgehead atoms. The summed E-state index contributed by atoms with van der Waals surface area (Å²) in [4.78, 5) is 0.352. The van der Waals surface area contributed by atoms with Crippen molar-refractivity contribution in [3.05, 3.63) is 33.7 Å². The second kappa shape index (κ2) is 6.34. The van der Waals surface area contributed by atoms with Gasteiger partial charge in [-0.3, -0.25) is 0 Å². The van der Waals surface area contributed by atoms with Crippen LogP contribution in [-0.2, 0) is 9.84 Å². The molecular weight excluding hydrogens is 368 g/mol. The van der Waals surface area contributed by atoms with Crippen LogP contribution in [0.2, 0.25) is 0 Å². The van der Waals surface area contributed by atoms with Crippen LogP contribution in [0.3, 0.4) is 0 Å². The van der Waals surface area contributed by atoms with Crippen molar-refractivity contribution in [1.82, 2.24) is 10.2 Å². The van der Waals surface area contributed by atoms with Crippen molar-refractivity contribution in [3.63, 3.8) is 0 Å². The van der Waals surface area contributed by atoms with Gasteiger partial charge < -0.3 is 0 Å². The molecule has 2 aromatic rings. The molecule has 0 atom stereocenters. The molecular formula is C11H11BrN2O2S3. The smallest absolute Gasteiger partial charge is 0.179 e. The highest BCUT2D eigenvalue weighted by Crippen LogP contribution is 2.23. The van der Waals surface area contributed by atoms with Crippen molar-refractivity contribution in [2.75, 3.05) is 11.5 Å². The van der Waals surface area contributed by atoms with Gasteiger partial charge in [0.25, 0.3) is 0 Å². The van der Waals surface area contributed by atoms with Gasteiger partial charge in [-0.1, -0.05) is 39.0 Å². The van der Waals surface area contributed by atoms with Gasteiger partial charge in [0.05, 0.1) is 10.6 Å². The zero-order valence-corrected chi connectivity index (χ0v) is 14.1. The lowest BCUT2D eigenvalue weighted by molar-refractivity contribution is 0.597. The SMILES string of the molecule is Cc1nnc(SCCS(=O)(=O)c2ccc(Br)cc2)s1. The second-order valence-electron chi connectivity index (χ2n) is 3.71. The third kappa shape index (κ3) is 4.27. The molecule has 0 fully saturated rings. The van der Waals surface area contributed by atoms with Crippen molar-refractivity contribution in [3.8, 4) is 0 Å². The van der Waals surface area contributed by atoms with E-state index in [1.807, 2.05) is 6.92 Å². The molecule has 8 heteroatoms. The molecule has 0 spiro atoms. The van der Waals surface area contributed by atoms with Crippen LogP contribution in [0, 0.1) is 6.92 Å². The summed E-state index contributed by atoms with van der Waals surface area (Å²) < 4.78 is 25.8. The van der Waals surface area contributed by atoms with Gasteiger partial charge >= 0.3 is 0 Å². The average Bonchev–Trinajstić information content (AvgIpc) is 2.75. The van der Waals surface area contributed by atoms with Gasteiger partial charge in [-0.25, -0.2) is 8.42 Å². The second-order valence-corrected chi connectivity index (χ2v) is 9.26. The molecule has 0 saturated heterocycles. The molecule has 0 N–H and O–H groups in total. The Labute approximate surface area is 128 Å². The molecule has 0 aliphatic carbocycles.